The fourth-order valence-corrected chi connectivity index (χ4v) is 10.7. The zero-order valence-corrected chi connectivity index (χ0v) is 38.5. The van der Waals surface area contributed by atoms with Gasteiger partial charge in [0.2, 0.25) is 0 Å². The summed E-state index contributed by atoms with van der Waals surface area (Å²) in [5.74, 6) is 0. The Kier molecular flexibility index (Phi) is 10.2. The van der Waals surface area contributed by atoms with E-state index in [4.69, 9.17) is 0 Å². The van der Waals surface area contributed by atoms with Crippen LogP contribution < -0.4 is 9.80 Å². The van der Waals surface area contributed by atoms with E-state index in [1.54, 1.807) is 0 Å². The summed E-state index contributed by atoms with van der Waals surface area (Å²) in [6.07, 6.45) is 0. The lowest BCUT2D eigenvalue weighted by Gasteiger charge is -2.28. The first kappa shape index (κ1) is 41.0. The van der Waals surface area contributed by atoms with Gasteiger partial charge < -0.3 is 9.80 Å². The smallest absolute Gasteiger partial charge is 0.0468 e. The first-order valence-corrected chi connectivity index (χ1v) is 24.1. The van der Waals surface area contributed by atoms with Gasteiger partial charge in [0.25, 0.3) is 0 Å². The van der Waals surface area contributed by atoms with E-state index in [2.05, 4.69) is 289 Å². The van der Waals surface area contributed by atoms with Crippen LogP contribution in [0.3, 0.4) is 0 Å². The van der Waals surface area contributed by atoms with E-state index in [0.717, 1.165) is 39.7 Å². The van der Waals surface area contributed by atoms with Gasteiger partial charge in [-0.1, -0.05) is 200 Å². The number of nitrogens with zero attached hydrogens (tertiary/aromatic N) is 2. The monoisotopic (exact) mass is 890 g/mol. The minimum Gasteiger partial charge on any atom is -0.310 e. The number of para-hydroxylation sites is 3. The molecule has 0 aliphatic carbocycles. The molecule has 0 aliphatic heterocycles. The van der Waals surface area contributed by atoms with E-state index in [-0.39, 0.29) is 0 Å². The van der Waals surface area contributed by atoms with Crippen molar-refractivity contribution < 1.29 is 0 Å². The number of benzene rings is 13. The molecule has 0 amide bonds. The summed E-state index contributed by atoms with van der Waals surface area (Å²) < 4.78 is 0. The molecule has 0 N–H and O–H groups in total. The Morgan fingerprint density at radius 1 is 0.186 bits per heavy atom. The van der Waals surface area contributed by atoms with Crippen molar-refractivity contribution in [2.75, 3.05) is 9.80 Å². The zero-order valence-electron chi connectivity index (χ0n) is 38.5. The van der Waals surface area contributed by atoms with E-state index < -0.39 is 0 Å². The van der Waals surface area contributed by atoms with E-state index in [9.17, 15) is 0 Å². The van der Waals surface area contributed by atoms with Gasteiger partial charge in [-0.3, -0.25) is 0 Å². The van der Waals surface area contributed by atoms with Crippen LogP contribution in [0.25, 0.3) is 87.2 Å². The number of fused-ring (bicyclic) bond motifs is 5. The minimum absolute atomic E-state index is 1.09. The van der Waals surface area contributed by atoms with Gasteiger partial charge in [0.1, 0.15) is 0 Å². The molecule has 0 radical (unpaired) electrons. The fourth-order valence-electron chi connectivity index (χ4n) is 10.7. The highest BCUT2D eigenvalue weighted by molar-refractivity contribution is 6.24. The molecule has 0 saturated carbocycles. The van der Waals surface area contributed by atoms with Crippen LogP contribution in [0.15, 0.2) is 279 Å². The van der Waals surface area contributed by atoms with Gasteiger partial charge in [0, 0.05) is 34.1 Å². The highest BCUT2D eigenvalue weighted by Gasteiger charge is 2.23. The van der Waals surface area contributed by atoms with Crippen LogP contribution in [0.2, 0.25) is 0 Å². The molecule has 13 aromatic carbocycles. The maximum atomic E-state index is 2.44. The number of hydrogen-bond donors (Lipinski definition) is 0. The molecule has 13 rings (SSSR count). The molecule has 0 unspecified atom stereocenters. The molecule has 70 heavy (non-hydrogen) atoms. The number of anilines is 6. The lowest BCUT2D eigenvalue weighted by molar-refractivity contribution is 1.29. The topological polar surface area (TPSA) is 6.48 Å². The van der Waals surface area contributed by atoms with Crippen molar-refractivity contribution in [3.63, 3.8) is 0 Å². The Balaban J connectivity index is 1.12. The summed E-state index contributed by atoms with van der Waals surface area (Å²) in [6, 6.07) is 102. The molecular weight excluding hydrogens is 845 g/mol. The summed E-state index contributed by atoms with van der Waals surface area (Å²) in [6.45, 7) is 0. The van der Waals surface area contributed by atoms with Gasteiger partial charge in [0.15, 0.2) is 0 Å². The largest absolute Gasteiger partial charge is 0.310 e. The third-order valence-electron chi connectivity index (χ3n) is 13.9. The quantitative estimate of drug-likeness (QED) is 0.133. The molecular formula is C68H46N2. The van der Waals surface area contributed by atoms with Crippen LogP contribution in [-0.2, 0) is 0 Å². The highest BCUT2D eigenvalue weighted by atomic mass is 15.1. The molecule has 0 atom stereocenters. The van der Waals surface area contributed by atoms with Gasteiger partial charge in [-0.2, -0.15) is 0 Å². The molecule has 328 valence electrons. The van der Waals surface area contributed by atoms with Crippen molar-refractivity contribution in [2.45, 2.75) is 0 Å². The standard InChI is InChI=1S/C68H46N2/c1-4-23-55(24-5-1)69(56-25-6-2-7-26-56)59-40-42-64-65(45-59)67(51-34-31-49(32-35-51)54-36-33-47-17-10-12-20-52(47)43-54)63-41-39-60(46-66(63)68(64)62-30-16-22-50-19-14-15-29-61(50)62)70(57-27-8-3-9-28-57)58-38-37-48-18-11-13-21-53(48)44-58/h1-46H. The SMILES string of the molecule is c1ccc(N(c2ccccc2)c2ccc3c(-c4cccc5ccccc45)c4cc(N(c5ccccc5)c5ccc6ccccc6c5)ccc4c(-c4ccc(-c5ccc6ccccc6c5)cc4)c3c2)cc1. The summed E-state index contributed by atoms with van der Waals surface area (Å²) in [7, 11) is 0. The lowest BCUT2D eigenvalue weighted by Crippen LogP contribution is -2.10. The van der Waals surface area contributed by atoms with E-state index >= 15 is 0 Å². The Hall–Kier alpha value is -9.24. The summed E-state index contributed by atoms with van der Waals surface area (Å²) >= 11 is 0. The first-order chi connectivity index (χ1) is 34.7. The summed E-state index contributed by atoms with van der Waals surface area (Å²) in [5, 5.41) is 12.1. The average molecular weight is 891 g/mol. The van der Waals surface area contributed by atoms with Crippen LogP contribution in [0.4, 0.5) is 34.1 Å². The predicted molar refractivity (Wildman–Crippen MR) is 300 cm³/mol. The second-order valence-corrected chi connectivity index (χ2v) is 18.1. The molecule has 0 saturated heterocycles. The van der Waals surface area contributed by atoms with Crippen molar-refractivity contribution >= 4 is 88.0 Å². The van der Waals surface area contributed by atoms with Crippen molar-refractivity contribution in [3.05, 3.63) is 279 Å². The molecule has 2 heteroatoms. The maximum Gasteiger partial charge on any atom is 0.0468 e. The fraction of sp³-hybridized carbons (Fsp3) is 0. The molecule has 13 aromatic rings. The number of hydrogen-bond acceptors (Lipinski definition) is 2. The third kappa shape index (κ3) is 7.31. The van der Waals surface area contributed by atoms with Gasteiger partial charge in [0.05, 0.1) is 0 Å². The van der Waals surface area contributed by atoms with Gasteiger partial charge >= 0.3 is 0 Å². The molecule has 0 heterocycles. The van der Waals surface area contributed by atoms with Crippen LogP contribution in [0.5, 0.6) is 0 Å². The van der Waals surface area contributed by atoms with Gasteiger partial charge in [-0.15, -0.1) is 0 Å². The second-order valence-electron chi connectivity index (χ2n) is 18.1. The molecule has 0 bridgehead atoms. The van der Waals surface area contributed by atoms with Crippen LogP contribution in [-0.4, -0.2) is 0 Å². The number of rotatable bonds is 9. The molecule has 0 aliphatic rings. The first-order valence-electron chi connectivity index (χ1n) is 24.1. The van der Waals surface area contributed by atoms with E-state index in [1.165, 1.54) is 81.7 Å². The van der Waals surface area contributed by atoms with Crippen LogP contribution >= 0.6 is 0 Å². The van der Waals surface area contributed by atoms with Gasteiger partial charge in [-0.05, 0) is 166 Å². The lowest BCUT2D eigenvalue weighted by atomic mass is 9.84. The van der Waals surface area contributed by atoms with Crippen molar-refractivity contribution in [1.29, 1.82) is 0 Å². The van der Waals surface area contributed by atoms with Crippen molar-refractivity contribution in [1.82, 2.24) is 0 Å². The normalized spacial score (nSPS) is 11.4. The van der Waals surface area contributed by atoms with Gasteiger partial charge in [-0.25, -0.2) is 0 Å². The molecule has 0 aromatic heterocycles. The Morgan fingerprint density at radius 3 is 1.21 bits per heavy atom. The highest BCUT2D eigenvalue weighted by Crippen LogP contribution is 2.50. The van der Waals surface area contributed by atoms with Crippen LogP contribution in [0.1, 0.15) is 0 Å². The third-order valence-corrected chi connectivity index (χ3v) is 13.9. The Bertz CT molecular complexity index is 4010. The summed E-state index contributed by atoms with van der Waals surface area (Å²) in [4.78, 5) is 4.78. The minimum atomic E-state index is 1.09. The molecule has 0 spiro atoms. The predicted octanol–water partition coefficient (Wildman–Crippen LogP) is 19.4. The molecule has 0 fully saturated rings. The maximum absolute atomic E-state index is 2.44. The molecule has 2 nitrogen and oxygen atoms in total. The van der Waals surface area contributed by atoms with E-state index in [0.29, 0.717) is 0 Å². The summed E-state index contributed by atoms with van der Waals surface area (Å²) in [5.41, 5.74) is 13.7. The second kappa shape index (κ2) is 17.4. The zero-order chi connectivity index (χ0) is 46.4. The van der Waals surface area contributed by atoms with Crippen molar-refractivity contribution in [3.8, 4) is 33.4 Å². The Morgan fingerprint density at radius 2 is 0.600 bits per heavy atom. The van der Waals surface area contributed by atoms with Crippen LogP contribution in [0, 0.1) is 0 Å². The van der Waals surface area contributed by atoms with E-state index in [1.807, 2.05) is 0 Å². The average Bonchev–Trinajstić information content (AvgIpc) is 3.43. The Labute approximate surface area is 408 Å². The van der Waals surface area contributed by atoms with Crippen molar-refractivity contribution in [2.24, 2.45) is 0 Å².